The van der Waals surface area contributed by atoms with Gasteiger partial charge in [0.05, 0.1) is 17.0 Å². The minimum Gasteiger partial charge on any atom is -0.475 e. The van der Waals surface area contributed by atoms with Gasteiger partial charge >= 0.3 is 0 Å². The number of thiophene rings is 1. The lowest BCUT2D eigenvalue weighted by atomic mass is 10.1. The molecule has 2 aliphatic heterocycles. The molecule has 1 fully saturated rings. The lowest BCUT2D eigenvalue weighted by Gasteiger charge is -2.34. The number of β-amino-alcohol motifs (C(OH)–C–C–N with tert-alkyl or cyclic N) is 1. The van der Waals surface area contributed by atoms with E-state index in [0.717, 1.165) is 45.7 Å². The van der Waals surface area contributed by atoms with E-state index >= 15 is 0 Å². The number of fused-ring (bicyclic) bond motifs is 1. The van der Waals surface area contributed by atoms with Crippen LogP contribution < -0.4 is 9.64 Å². The number of carbonyl (C=O) groups excluding carboxylic acids is 2. The first kappa shape index (κ1) is 24.1. The Kier molecular flexibility index (Phi) is 7.54. The molecule has 3 aromatic rings. The number of amides is 1. The van der Waals surface area contributed by atoms with E-state index in [4.69, 9.17) is 14.8 Å². The molecule has 0 spiro atoms. The van der Waals surface area contributed by atoms with Crippen LogP contribution in [0.4, 0.5) is 5.13 Å². The van der Waals surface area contributed by atoms with Crippen molar-refractivity contribution < 1.29 is 19.4 Å². The number of piperazine rings is 1. The Morgan fingerprint density at radius 3 is 2.57 bits per heavy atom. The van der Waals surface area contributed by atoms with Crippen LogP contribution in [0.5, 0.6) is 5.75 Å². The molecule has 5 rings (SSSR count). The van der Waals surface area contributed by atoms with Crippen molar-refractivity contribution in [3.8, 4) is 5.75 Å². The van der Waals surface area contributed by atoms with Gasteiger partial charge in [-0.25, -0.2) is 4.98 Å². The van der Waals surface area contributed by atoms with Crippen molar-refractivity contribution in [2.45, 2.75) is 12.5 Å². The Bertz CT molecular complexity index is 1160. The molecule has 35 heavy (non-hydrogen) atoms. The fourth-order valence-corrected chi connectivity index (χ4v) is 5.99. The SMILES string of the molecule is O=C1c2ccccc2OC1c1csc(N(CCCN2CCN(CCO)CC2)C(=O)c2cccs2)n1. The third-order valence-electron chi connectivity index (χ3n) is 6.36. The smallest absolute Gasteiger partial charge is 0.270 e. The molecule has 0 bridgehead atoms. The Morgan fingerprint density at radius 1 is 1.09 bits per heavy atom. The summed E-state index contributed by atoms with van der Waals surface area (Å²) in [6.45, 7) is 6.17. The van der Waals surface area contributed by atoms with E-state index in [1.807, 2.05) is 35.0 Å². The molecule has 1 N–H and O–H groups in total. The average molecular weight is 513 g/mol. The fraction of sp³-hybridized carbons (Fsp3) is 0.400. The second kappa shape index (κ2) is 11.0. The van der Waals surface area contributed by atoms with Crippen molar-refractivity contribution in [1.29, 1.82) is 0 Å². The number of ether oxygens (including phenoxy) is 1. The van der Waals surface area contributed by atoms with Gasteiger partial charge in [-0.15, -0.1) is 22.7 Å². The maximum Gasteiger partial charge on any atom is 0.270 e. The molecular formula is C25H28N4O4S2. The highest BCUT2D eigenvalue weighted by atomic mass is 32.1. The average Bonchev–Trinajstić information content (AvgIpc) is 3.64. The molecule has 1 aromatic carbocycles. The van der Waals surface area contributed by atoms with Gasteiger partial charge in [-0.3, -0.25) is 19.4 Å². The number of hydrogen-bond donors (Lipinski definition) is 1. The molecule has 1 saturated heterocycles. The van der Waals surface area contributed by atoms with Gasteiger partial charge in [-0.2, -0.15) is 0 Å². The molecule has 1 atom stereocenters. The minimum absolute atomic E-state index is 0.0735. The number of thiazole rings is 1. The van der Waals surface area contributed by atoms with Gasteiger partial charge in [0, 0.05) is 44.6 Å². The topological polar surface area (TPSA) is 86.2 Å². The highest BCUT2D eigenvalue weighted by Gasteiger charge is 2.35. The molecule has 0 radical (unpaired) electrons. The second-order valence-corrected chi connectivity index (χ2v) is 10.4. The third kappa shape index (κ3) is 5.31. The predicted molar refractivity (Wildman–Crippen MR) is 137 cm³/mol. The summed E-state index contributed by atoms with van der Waals surface area (Å²) in [6.07, 6.45) is 0.0439. The summed E-state index contributed by atoms with van der Waals surface area (Å²) in [4.78, 5) is 37.9. The standard InChI is InChI=1S/C25H28N4O4S2/c30-15-14-28-12-10-27(11-13-28)8-4-9-29(24(32)21-7-3-16-34-21)25-26-19(17-35-25)23-22(31)18-5-1-2-6-20(18)33-23/h1-3,5-7,16-17,23,30H,4,8-15H2. The zero-order valence-corrected chi connectivity index (χ0v) is 21.0. The lowest BCUT2D eigenvalue weighted by molar-refractivity contribution is 0.0854. The number of nitrogens with zero attached hydrogens (tertiary/aromatic N) is 4. The minimum atomic E-state index is -0.772. The Hall–Kier alpha value is -2.63. The van der Waals surface area contributed by atoms with Crippen molar-refractivity contribution in [3.05, 3.63) is 63.3 Å². The van der Waals surface area contributed by atoms with Gasteiger partial charge in [0.15, 0.2) is 5.13 Å². The van der Waals surface area contributed by atoms with Gasteiger partial charge in [0.1, 0.15) is 11.4 Å². The highest BCUT2D eigenvalue weighted by Crippen LogP contribution is 2.38. The Labute approximate surface area is 212 Å². The number of para-hydroxylation sites is 1. The first-order valence-corrected chi connectivity index (χ1v) is 13.6. The van der Waals surface area contributed by atoms with Crippen molar-refractivity contribution in [3.63, 3.8) is 0 Å². The van der Waals surface area contributed by atoms with Crippen LogP contribution >= 0.6 is 22.7 Å². The van der Waals surface area contributed by atoms with E-state index in [1.165, 1.54) is 22.7 Å². The summed E-state index contributed by atoms with van der Waals surface area (Å²) >= 11 is 2.78. The van der Waals surface area contributed by atoms with E-state index in [2.05, 4.69) is 9.80 Å². The molecular weight excluding hydrogens is 484 g/mol. The highest BCUT2D eigenvalue weighted by molar-refractivity contribution is 7.14. The quantitative estimate of drug-likeness (QED) is 0.471. The van der Waals surface area contributed by atoms with E-state index < -0.39 is 6.10 Å². The maximum atomic E-state index is 13.3. The number of benzene rings is 1. The molecule has 1 unspecified atom stereocenters. The van der Waals surface area contributed by atoms with Crippen LogP contribution in [0.3, 0.4) is 0 Å². The van der Waals surface area contributed by atoms with Gasteiger partial charge in [0.25, 0.3) is 5.91 Å². The number of anilines is 1. The van der Waals surface area contributed by atoms with Crippen LogP contribution in [0.1, 0.15) is 38.2 Å². The van der Waals surface area contributed by atoms with Gasteiger partial charge < -0.3 is 14.7 Å². The summed E-state index contributed by atoms with van der Waals surface area (Å²) < 4.78 is 5.88. The number of ketones is 1. The fourth-order valence-electron chi connectivity index (χ4n) is 4.46. The third-order valence-corrected chi connectivity index (χ3v) is 8.10. The van der Waals surface area contributed by atoms with E-state index in [0.29, 0.717) is 33.6 Å². The normalized spacial score (nSPS) is 18.4. The van der Waals surface area contributed by atoms with Gasteiger partial charge in [-0.1, -0.05) is 18.2 Å². The first-order valence-electron chi connectivity index (χ1n) is 11.8. The molecule has 2 aliphatic rings. The summed E-state index contributed by atoms with van der Waals surface area (Å²) in [5, 5.41) is 13.4. The van der Waals surface area contributed by atoms with Crippen LogP contribution in [-0.2, 0) is 0 Å². The first-order chi connectivity index (χ1) is 17.1. The van der Waals surface area contributed by atoms with Crippen molar-refractivity contribution in [2.75, 3.05) is 57.3 Å². The zero-order valence-electron chi connectivity index (χ0n) is 19.3. The molecule has 0 saturated carbocycles. The van der Waals surface area contributed by atoms with Crippen LogP contribution in [0.25, 0.3) is 0 Å². The molecule has 184 valence electrons. The summed E-state index contributed by atoms with van der Waals surface area (Å²) in [6, 6.07) is 10.9. The van der Waals surface area contributed by atoms with E-state index in [1.54, 1.807) is 17.0 Å². The predicted octanol–water partition coefficient (Wildman–Crippen LogP) is 3.17. The lowest BCUT2D eigenvalue weighted by Crippen LogP contribution is -2.47. The Morgan fingerprint density at radius 2 is 1.86 bits per heavy atom. The number of aliphatic hydroxyl groups excluding tert-OH is 1. The number of rotatable bonds is 9. The number of hydrogen-bond acceptors (Lipinski definition) is 9. The summed E-state index contributed by atoms with van der Waals surface area (Å²) in [5.74, 6) is 0.396. The molecule has 1 amide bonds. The van der Waals surface area contributed by atoms with Crippen molar-refractivity contribution in [2.24, 2.45) is 0 Å². The monoisotopic (exact) mass is 512 g/mol. The van der Waals surface area contributed by atoms with E-state index in [-0.39, 0.29) is 18.3 Å². The van der Waals surface area contributed by atoms with Crippen LogP contribution in [0.15, 0.2) is 47.2 Å². The zero-order chi connectivity index (χ0) is 24.2. The summed E-state index contributed by atoms with van der Waals surface area (Å²) in [7, 11) is 0. The molecule has 2 aromatic heterocycles. The second-order valence-electron chi connectivity index (χ2n) is 8.61. The van der Waals surface area contributed by atoms with E-state index in [9.17, 15) is 9.59 Å². The van der Waals surface area contributed by atoms with Crippen molar-refractivity contribution in [1.82, 2.24) is 14.8 Å². The van der Waals surface area contributed by atoms with Gasteiger partial charge in [-0.05, 0) is 36.5 Å². The molecule has 10 heteroatoms. The maximum absolute atomic E-state index is 13.3. The molecule has 4 heterocycles. The molecule has 0 aliphatic carbocycles. The van der Waals surface area contributed by atoms with Crippen LogP contribution in [0.2, 0.25) is 0 Å². The summed E-state index contributed by atoms with van der Waals surface area (Å²) in [5.41, 5.74) is 1.10. The Balaban J connectivity index is 1.26. The van der Waals surface area contributed by atoms with Gasteiger partial charge in [0.2, 0.25) is 11.9 Å². The largest absolute Gasteiger partial charge is 0.475 e. The van der Waals surface area contributed by atoms with Crippen molar-refractivity contribution >= 4 is 39.5 Å². The number of aromatic nitrogens is 1. The number of carbonyl (C=O) groups is 2. The number of aliphatic hydroxyl groups is 1. The number of Topliss-reactive ketones (excluding diaryl/α,β-unsaturated/α-hetero) is 1. The van der Waals surface area contributed by atoms with Crippen LogP contribution in [-0.4, -0.2) is 84.0 Å². The van der Waals surface area contributed by atoms with Crippen LogP contribution in [0, 0.1) is 0 Å². The molecule has 8 nitrogen and oxygen atoms in total.